The van der Waals surface area contributed by atoms with E-state index in [2.05, 4.69) is 10.2 Å². The van der Waals surface area contributed by atoms with Crippen LogP contribution in [0, 0.1) is 0 Å². The van der Waals surface area contributed by atoms with E-state index in [1.165, 1.54) is 24.6 Å². The largest absolute Gasteiger partial charge is 0.478 e. The Morgan fingerprint density at radius 1 is 1.00 bits per heavy atom. The second-order valence-corrected chi connectivity index (χ2v) is 7.45. The van der Waals surface area contributed by atoms with Gasteiger partial charge in [0.05, 0.1) is 17.5 Å². The van der Waals surface area contributed by atoms with Crippen molar-refractivity contribution in [2.24, 2.45) is 0 Å². The van der Waals surface area contributed by atoms with Crippen LogP contribution in [0.5, 0.6) is 0 Å². The van der Waals surface area contributed by atoms with Gasteiger partial charge in [0.25, 0.3) is 0 Å². The van der Waals surface area contributed by atoms with Crippen LogP contribution >= 0.6 is 0 Å². The monoisotopic (exact) mass is 406 g/mol. The summed E-state index contributed by atoms with van der Waals surface area (Å²) in [7, 11) is 0. The lowest BCUT2D eigenvalue weighted by Gasteiger charge is -2.25. The number of piperidine rings is 1. The van der Waals surface area contributed by atoms with Gasteiger partial charge in [-0.15, -0.1) is 0 Å². The topological polar surface area (TPSA) is 99.9 Å². The van der Waals surface area contributed by atoms with Gasteiger partial charge in [-0.05, 0) is 50.2 Å². The molecule has 7 heteroatoms. The molecule has 154 valence electrons. The van der Waals surface area contributed by atoms with Gasteiger partial charge < -0.3 is 14.8 Å². The number of benzene rings is 2. The molecule has 0 radical (unpaired) electrons. The van der Waals surface area contributed by atoms with Crippen molar-refractivity contribution < 1.29 is 19.1 Å². The molecule has 0 bridgehead atoms. The molecule has 4 rings (SSSR count). The molecule has 0 spiro atoms. The molecule has 0 atom stereocenters. The summed E-state index contributed by atoms with van der Waals surface area (Å²) in [5.41, 5.74) is 1.46. The van der Waals surface area contributed by atoms with Crippen LogP contribution in [0.2, 0.25) is 0 Å². The maximum Gasteiger partial charge on any atom is 0.335 e. The van der Waals surface area contributed by atoms with Gasteiger partial charge in [-0.3, -0.25) is 14.5 Å². The third-order valence-electron chi connectivity index (χ3n) is 5.25. The Bertz CT molecular complexity index is 1140. The number of likely N-dealkylation sites (tertiary alicyclic amines) is 1. The van der Waals surface area contributed by atoms with Gasteiger partial charge in [0.1, 0.15) is 11.3 Å². The number of nitrogens with one attached hydrogen (secondary N) is 1. The first kappa shape index (κ1) is 19.8. The highest BCUT2D eigenvalue weighted by atomic mass is 16.4. The summed E-state index contributed by atoms with van der Waals surface area (Å²) in [6.07, 6.45) is 3.44. The van der Waals surface area contributed by atoms with Crippen LogP contribution in [0.15, 0.2) is 57.7 Å². The SMILES string of the molecule is O=C(CN1CCCCC1)Nc1ccc2c(=O)cc(-c3ccc(C(=O)O)cc3)oc2c1. The van der Waals surface area contributed by atoms with Crippen molar-refractivity contribution in [2.45, 2.75) is 19.3 Å². The van der Waals surface area contributed by atoms with Crippen molar-refractivity contribution in [1.82, 2.24) is 4.90 Å². The second kappa shape index (κ2) is 8.51. The van der Waals surface area contributed by atoms with Crippen LogP contribution in [0.25, 0.3) is 22.3 Å². The molecule has 3 aromatic rings. The standard InChI is InChI=1S/C23H22N2O5/c26-19-13-20(15-4-6-16(7-5-15)23(28)29)30-21-12-17(8-9-18(19)21)24-22(27)14-25-10-2-1-3-11-25/h4-9,12-13H,1-3,10-11,14H2,(H,24,27)(H,28,29). The molecular weight excluding hydrogens is 384 g/mol. The minimum absolute atomic E-state index is 0.0981. The number of aromatic carboxylic acids is 1. The quantitative estimate of drug-likeness (QED) is 0.672. The first-order valence-electron chi connectivity index (χ1n) is 9.93. The fourth-order valence-electron chi connectivity index (χ4n) is 3.67. The van der Waals surface area contributed by atoms with Crippen molar-refractivity contribution in [1.29, 1.82) is 0 Å². The van der Waals surface area contributed by atoms with Crippen LogP contribution < -0.4 is 10.7 Å². The molecule has 1 amide bonds. The minimum Gasteiger partial charge on any atom is -0.478 e. The lowest BCUT2D eigenvalue weighted by molar-refractivity contribution is -0.117. The van der Waals surface area contributed by atoms with Crippen molar-refractivity contribution in [3.05, 3.63) is 64.3 Å². The molecule has 2 heterocycles. The minimum atomic E-state index is -1.02. The number of fused-ring (bicyclic) bond motifs is 1. The zero-order valence-corrected chi connectivity index (χ0v) is 16.4. The smallest absolute Gasteiger partial charge is 0.335 e. The summed E-state index contributed by atoms with van der Waals surface area (Å²) >= 11 is 0. The van der Waals surface area contributed by atoms with Crippen molar-refractivity contribution in [3.8, 4) is 11.3 Å². The number of anilines is 1. The molecule has 1 saturated heterocycles. The second-order valence-electron chi connectivity index (χ2n) is 7.45. The Balaban J connectivity index is 1.57. The Morgan fingerprint density at radius 2 is 1.73 bits per heavy atom. The van der Waals surface area contributed by atoms with Crippen molar-refractivity contribution in [2.75, 3.05) is 25.0 Å². The third kappa shape index (κ3) is 4.41. The lowest BCUT2D eigenvalue weighted by atomic mass is 10.1. The number of rotatable bonds is 5. The molecule has 1 aliphatic rings. The van der Waals surface area contributed by atoms with E-state index >= 15 is 0 Å². The van der Waals surface area contributed by atoms with Crippen LogP contribution in [-0.4, -0.2) is 41.5 Å². The Hall–Kier alpha value is -3.45. The Morgan fingerprint density at radius 3 is 2.43 bits per heavy atom. The first-order valence-corrected chi connectivity index (χ1v) is 9.93. The maximum absolute atomic E-state index is 12.5. The molecular formula is C23H22N2O5. The van der Waals surface area contributed by atoms with E-state index in [4.69, 9.17) is 9.52 Å². The fraction of sp³-hybridized carbons (Fsp3) is 0.261. The fourth-order valence-corrected chi connectivity index (χ4v) is 3.67. The van der Waals surface area contributed by atoms with Gasteiger partial charge >= 0.3 is 5.97 Å². The summed E-state index contributed by atoms with van der Waals surface area (Å²) < 4.78 is 5.89. The predicted octanol–water partition coefficient (Wildman–Crippen LogP) is 3.58. The molecule has 0 aliphatic carbocycles. The average molecular weight is 406 g/mol. The molecule has 0 saturated carbocycles. The van der Waals surface area contributed by atoms with Gasteiger partial charge in [0, 0.05) is 23.4 Å². The van der Waals surface area contributed by atoms with E-state index in [1.807, 2.05) is 0 Å². The van der Waals surface area contributed by atoms with E-state index in [-0.39, 0.29) is 16.9 Å². The summed E-state index contributed by atoms with van der Waals surface area (Å²) in [5.74, 6) is -0.785. The van der Waals surface area contributed by atoms with E-state index in [9.17, 15) is 14.4 Å². The Labute approximate surface area is 172 Å². The van der Waals surface area contributed by atoms with E-state index in [0.717, 1.165) is 25.9 Å². The average Bonchev–Trinajstić information content (AvgIpc) is 2.74. The van der Waals surface area contributed by atoms with Gasteiger partial charge in [-0.1, -0.05) is 18.6 Å². The van der Waals surface area contributed by atoms with Gasteiger partial charge in [-0.2, -0.15) is 0 Å². The lowest BCUT2D eigenvalue weighted by Crippen LogP contribution is -2.36. The zero-order valence-electron chi connectivity index (χ0n) is 16.4. The molecule has 7 nitrogen and oxygen atoms in total. The normalized spacial score (nSPS) is 14.5. The summed E-state index contributed by atoms with van der Waals surface area (Å²) in [6, 6.07) is 12.4. The summed E-state index contributed by atoms with van der Waals surface area (Å²) in [4.78, 5) is 38.0. The van der Waals surface area contributed by atoms with Crippen molar-refractivity contribution >= 4 is 28.5 Å². The zero-order chi connectivity index (χ0) is 21.1. The number of nitrogens with zero attached hydrogens (tertiary/aromatic N) is 1. The highest BCUT2D eigenvalue weighted by Gasteiger charge is 2.15. The molecule has 1 fully saturated rings. The molecule has 2 aromatic carbocycles. The molecule has 0 unspecified atom stereocenters. The molecule has 30 heavy (non-hydrogen) atoms. The number of hydrogen-bond donors (Lipinski definition) is 2. The molecule has 1 aliphatic heterocycles. The van der Waals surface area contributed by atoms with Crippen molar-refractivity contribution in [3.63, 3.8) is 0 Å². The van der Waals surface area contributed by atoms with E-state index < -0.39 is 5.97 Å². The first-order chi connectivity index (χ1) is 14.5. The van der Waals surface area contributed by atoms with E-state index in [0.29, 0.717) is 34.5 Å². The van der Waals surface area contributed by atoms with E-state index in [1.54, 1.807) is 30.3 Å². The van der Waals surface area contributed by atoms with Crippen LogP contribution in [-0.2, 0) is 4.79 Å². The number of amides is 1. The number of carbonyl (C=O) groups excluding carboxylic acids is 1. The number of carboxylic acids is 1. The van der Waals surface area contributed by atoms with Crippen LogP contribution in [0.4, 0.5) is 5.69 Å². The van der Waals surface area contributed by atoms with Gasteiger partial charge in [-0.25, -0.2) is 4.79 Å². The number of hydrogen-bond acceptors (Lipinski definition) is 5. The molecule has 1 aromatic heterocycles. The number of carboxylic acid groups (broad SMARTS) is 1. The highest BCUT2D eigenvalue weighted by molar-refractivity contribution is 5.94. The van der Waals surface area contributed by atoms with Crippen LogP contribution in [0.1, 0.15) is 29.6 Å². The predicted molar refractivity (Wildman–Crippen MR) is 114 cm³/mol. The van der Waals surface area contributed by atoms with Gasteiger partial charge in [0.15, 0.2) is 5.43 Å². The Kier molecular flexibility index (Phi) is 5.63. The number of carbonyl (C=O) groups is 2. The summed E-state index contributed by atoms with van der Waals surface area (Å²) in [6.45, 7) is 2.21. The maximum atomic E-state index is 12.5. The van der Waals surface area contributed by atoms with Gasteiger partial charge in [0.2, 0.25) is 5.91 Å². The van der Waals surface area contributed by atoms with Crippen LogP contribution in [0.3, 0.4) is 0 Å². The summed E-state index contributed by atoms with van der Waals surface area (Å²) in [5, 5.41) is 12.3. The molecule has 2 N–H and O–H groups in total. The third-order valence-corrected chi connectivity index (χ3v) is 5.25. The highest BCUT2D eigenvalue weighted by Crippen LogP contribution is 2.24.